The average molecular weight is 853 g/mol. The summed E-state index contributed by atoms with van der Waals surface area (Å²) in [5.74, 6) is 0. The molecule has 67 heavy (non-hydrogen) atoms. The molecule has 0 unspecified atom stereocenters. The van der Waals surface area contributed by atoms with Crippen molar-refractivity contribution in [1.29, 1.82) is 0 Å². The lowest BCUT2D eigenvalue weighted by molar-refractivity contribution is 0.670. The van der Waals surface area contributed by atoms with Gasteiger partial charge in [0.05, 0.1) is 28.1 Å². The van der Waals surface area contributed by atoms with Crippen molar-refractivity contribution in [3.05, 3.63) is 255 Å². The van der Waals surface area contributed by atoms with E-state index in [4.69, 9.17) is 4.42 Å². The van der Waals surface area contributed by atoms with E-state index in [1.165, 1.54) is 43.7 Å². The molecule has 312 valence electrons. The lowest BCUT2D eigenvalue weighted by atomic mass is 9.95. The van der Waals surface area contributed by atoms with Crippen LogP contribution in [0.4, 0.5) is 17.1 Å². The summed E-state index contributed by atoms with van der Waals surface area (Å²) in [6.45, 7) is 0. The Bertz CT molecular complexity index is 3940. The van der Waals surface area contributed by atoms with E-state index in [1.807, 2.05) is 6.07 Å². The Labute approximate surface area is 388 Å². The smallest absolute Gasteiger partial charge is 0.185 e. The van der Waals surface area contributed by atoms with Gasteiger partial charge in [0.2, 0.25) is 0 Å². The highest BCUT2D eigenvalue weighted by Crippen LogP contribution is 2.48. The van der Waals surface area contributed by atoms with Gasteiger partial charge in [0, 0.05) is 49.5 Å². The lowest BCUT2D eigenvalue weighted by Crippen LogP contribution is -2.12. The molecular formula is C64H40N2O. The second-order valence-corrected chi connectivity index (χ2v) is 17.1. The fraction of sp³-hybridized carbons (Fsp3) is 0. The first kappa shape index (κ1) is 38.4. The first-order valence-corrected chi connectivity index (χ1v) is 22.7. The maximum Gasteiger partial charge on any atom is 0.185 e. The number of furan rings is 1. The molecule has 3 heteroatoms. The van der Waals surface area contributed by atoms with Gasteiger partial charge in [-0.3, -0.25) is 0 Å². The van der Waals surface area contributed by atoms with Gasteiger partial charge in [-0.25, -0.2) is 0 Å². The minimum absolute atomic E-state index is 0.702. The molecule has 0 aliphatic carbocycles. The van der Waals surface area contributed by atoms with Crippen molar-refractivity contribution < 1.29 is 4.42 Å². The molecule has 0 fully saturated rings. The van der Waals surface area contributed by atoms with Crippen molar-refractivity contribution >= 4 is 71.6 Å². The third-order valence-corrected chi connectivity index (χ3v) is 13.3. The molecule has 0 radical (unpaired) electrons. The van der Waals surface area contributed by atoms with Crippen molar-refractivity contribution in [2.24, 2.45) is 0 Å². The second-order valence-electron chi connectivity index (χ2n) is 17.1. The van der Waals surface area contributed by atoms with Crippen LogP contribution in [0.5, 0.6) is 0 Å². The van der Waals surface area contributed by atoms with E-state index in [0.717, 1.165) is 72.5 Å². The summed E-state index contributed by atoms with van der Waals surface area (Å²) in [6, 6.07) is 93.6. The van der Waals surface area contributed by atoms with E-state index in [-0.39, 0.29) is 0 Å². The Morgan fingerprint density at radius 1 is 0.373 bits per heavy atom. The number of nitrogens with zero attached hydrogens (tertiary/aromatic N) is 2. The van der Waals surface area contributed by atoms with Crippen LogP contribution in [-0.4, -0.2) is 4.57 Å². The van der Waals surface area contributed by atoms with E-state index in [9.17, 15) is 0 Å². The summed E-state index contributed by atoms with van der Waals surface area (Å²) in [7, 11) is 0. The Morgan fingerprint density at radius 2 is 0.985 bits per heavy atom. The molecule has 13 rings (SSSR count). The van der Waals surface area contributed by atoms with Crippen LogP contribution in [-0.2, 0) is 0 Å². The largest absolute Gasteiger partial charge is 0.446 e. The molecule has 0 N–H and O–H groups in total. The van der Waals surface area contributed by atoms with E-state index in [1.54, 1.807) is 0 Å². The summed E-state index contributed by atoms with van der Waals surface area (Å²) in [6.07, 6.45) is 0. The van der Waals surface area contributed by atoms with Crippen molar-refractivity contribution in [2.45, 2.75) is 0 Å². The number of hydrogen-bond acceptors (Lipinski definition) is 2. The summed E-state index contributed by atoms with van der Waals surface area (Å²) in [5.41, 5.74) is 17.1. The van der Waals surface area contributed by atoms with Crippen molar-refractivity contribution in [2.75, 3.05) is 4.90 Å². The molecule has 0 bridgehead atoms. The predicted molar refractivity (Wildman–Crippen MR) is 280 cm³/mol. The molecule has 0 amide bonds. The fourth-order valence-electron chi connectivity index (χ4n) is 10.2. The van der Waals surface area contributed by atoms with Crippen LogP contribution in [0, 0.1) is 12.1 Å². The van der Waals surface area contributed by atoms with E-state index in [2.05, 4.69) is 258 Å². The number of rotatable bonds is 8. The predicted octanol–water partition coefficient (Wildman–Crippen LogP) is 17.6. The highest BCUT2D eigenvalue weighted by atomic mass is 16.3. The molecule has 11 aromatic carbocycles. The molecule has 0 aliphatic rings. The summed E-state index contributed by atoms with van der Waals surface area (Å²) < 4.78 is 9.05. The van der Waals surface area contributed by atoms with E-state index in [0.29, 0.717) is 5.58 Å². The molecule has 0 aliphatic heterocycles. The van der Waals surface area contributed by atoms with Crippen LogP contribution in [0.25, 0.3) is 105 Å². The first-order valence-electron chi connectivity index (χ1n) is 22.7. The van der Waals surface area contributed by atoms with Gasteiger partial charge in [0.1, 0.15) is 5.58 Å². The Morgan fingerprint density at radius 3 is 1.78 bits per heavy atom. The minimum atomic E-state index is 0.702. The number of fused-ring (bicyclic) bond motifs is 7. The Hall–Kier alpha value is -9.10. The summed E-state index contributed by atoms with van der Waals surface area (Å²) in [4.78, 5) is 2.41. The van der Waals surface area contributed by atoms with Crippen LogP contribution in [0.2, 0.25) is 0 Å². The van der Waals surface area contributed by atoms with Crippen LogP contribution >= 0.6 is 0 Å². The highest BCUT2D eigenvalue weighted by molar-refractivity contribution is 6.12. The maximum atomic E-state index is 6.61. The molecule has 0 spiro atoms. The topological polar surface area (TPSA) is 21.3 Å². The maximum absolute atomic E-state index is 6.61. The molecule has 2 aromatic heterocycles. The number of hydrogen-bond donors (Lipinski definition) is 0. The van der Waals surface area contributed by atoms with Gasteiger partial charge in [-0.2, -0.15) is 0 Å². The number of anilines is 3. The van der Waals surface area contributed by atoms with Gasteiger partial charge in [-0.15, -0.1) is 0 Å². The average Bonchev–Trinajstić information content (AvgIpc) is 3.95. The van der Waals surface area contributed by atoms with Gasteiger partial charge >= 0.3 is 0 Å². The normalized spacial score (nSPS) is 11.5. The fourth-order valence-corrected chi connectivity index (χ4v) is 10.2. The van der Waals surface area contributed by atoms with Crippen LogP contribution < -0.4 is 4.90 Å². The van der Waals surface area contributed by atoms with Crippen molar-refractivity contribution in [3.8, 4) is 50.2 Å². The van der Waals surface area contributed by atoms with Gasteiger partial charge in [0.15, 0.2) is 5.58 Å². The number of aromatic nitrogens is 1. The molecule has 13 aromatic rings. The first-order chi connectivity index (χ1) is 33.2. The third kappa shape index (κ3) is 6.46. The monoisotopic (exact) mass is 852 g/mol. The zero-order valence-corrected chi connectivity index (χ0v) is 36.4. The molecule has 2 heterocycles. The SMILES string of the molecule is c1ccc2c(c#1)oc1c(-c3ccccc3N(c3ccc(-c4ccc(-c5ccccc5)cc4-n4c5ccccc5c5ccccc54)cc3)c3ccccc3-c3ccc4ccccc4c3)cccc12. The Kier molecular flexibility index (Phi) is 9.08. The van der Waals surface area contributed by atoms with Crippen molar-refractivity contribution in [3.63, 3.8) is 0 Å². The molecule has 0 atom stereocenters. The lowest BCUT2D eigenvalue weighted by Gasteiger charge is -2.30. The Balaban J connectivity index is 1.02. The third-order valence-electron chi connectivity index (χ3n) is 13.3. The van der Waals surface area contributed by atoms with Gasteiger partial charge in [-0.05, 0) is 99.8 Å². The van der Waals surface area contributed by atoms with Gasteiger partial charge in [0.25, 0.3) is 0 Å². The summed E-state index contributed by atoms with van der Waals surface area (Å²) in [5, 5.41) is 6.97. The summed E-state index contributed by atoms with van der Waals surface area (Å²) >= 11 is 0. The van der Waals surface area contributed by atoms with Gasteiger partial charge in [-0.1, -0.05) is 188 Å². The van der Waals surface area contributed by atoms with E-state index >= 15 is 0 Å². The highest BCUT2D eigenvalue weighted by Gasteiger charge is 2.24. The zero-order valence-electron chi connectivity index (χ0n) is 36.4. The van der Waals surface area contributed by atoms with E-state index < -0.39 is 0 Å². The van der Waals surface area contributed by atoms with Crippen LogP contribution in [0.15, 0.2) is 247 Å². The number of benzene rings is 10. The molecular weight excluding hydrogens is 813 g/mol. The number of para-hydroxylation sites is 5. The molecule has 0 saturated carbocycles. The second kappa shape index (κ2) is 15.9. The quantitative estimate of drug-likeness (QED) is 0.152. The van der Waals surface area contributed by atoms with Gasteiger partial charge < -0.3 is 13.9 Å². The molecule has 0 saturated heterocycles. The van der Waals surface area contributed by atoms with Crippen LogP contribution in [0.3, 0.4) is 0 Å². The van der Waals surface area contributed by atoms with Crippen LogP contribution in [0.1, 0.15) is 0 Å². The minimum Gasteiger partial charge on any atom is -0.446 e. The molecule has 3 nitrogen and oxygen atoms in total. The standard InChI is InChI=1S/C64H40N2O/c1-2-17-43(18-3-1)47-37-40-51(62(42-47)66-60-30-13-7-22-52(60)53-23-8-14-31-61(53)66)45-35-38-49(39-36-45)65(58-28-11-6-21-50(58)48-34-33-44-19-4-5-20-46(44)41-48)59-29-12-9-24-54(59)56-26-16-27-57-55-25-10-15-32-63(55)67-64(56)57/h1-14,16-31,33-42H. The zero-order chi connectivity index (χ0) is 44.3. The van der Waals surface area contributed by atoms with Crippen molar-refractivity contribution in [1.82, 2.24) is 4.57 Å².